The molecule has 0 aromatic heterocycles. The molecule has 82 valence electrons. The molecule has 0 spiro atoms. The normalized spacial score (nSPS) is 10.0. The van der Waals surface area contributed by atoms with Crippen LogP contribution in [0.3, 0.4) is 0 Å². The van der Waals surface area contributed by atoms with Crippen molar-refractivity contribution in [2.45, 2.75) is 31.1 Å². The van der Waals surface area contributed by atoms with Crippen LogP contribution in [-0.2, 0) is 4.79 Å². The van der Waals surface area contributed by atoms with Gasteiger partial charge >= 0.3 is 0 Å². The van der Waals surface area contributed by atoms with Crippen molar-refractivity contribution in [3.05, 3.63) is 30.1 Å². The van der Waals surface area contributed by atoms with Gasteiger partial charge in [0.2, 0.25) is 5.91 Å². The number of rotatable bonds is 5. The first-order chi connectivity index (χ1) is 7.24. The number of hydrogen-bond donors (Lipinski definition) is 1. The first-order valence-corrected chi connectivity index (χ1v) is 5.76. The molecular weight excluding hydrogens is 213 g/mol. The molecule has 0 heterocycles. The van der Waals surface area contributed by atoms with E-state index in [1.165, 1.54) is 6.07 Å². The number of nitrogens with one attached hydrogen (secondary N) is 1. The number of hydrogen-bond acceptors (Lipinski definition) is 2. The van der Waals surface area contributed by atoms with Gasteiger partial charge in [-0.25, -0.2) is 4.39 Å². The van der Waals surface area contributed by atoms with Crippen LogP contribution >= 0.6 is 11.9 Å². The molecule has 0 saturated heterocycles. The van der Waals surface area contributed by atoms with E-state index in [2.05, 4.69) is 4.72 Å². The number of amides is 1. The highest BCUT2D eigenvalue weighted by molar-refractivity contribution is 7.98. The summed E-state index contributed by atoms with van der Waals surface area (Å²) in [6, 6.07) is 6.38. The number of unbranched alkanes of at least 4 members (excludes halogenated alkanes) is 1. The summed E-state index contributed by atoms with van der Waals surface area (Å²) in [5.74, 6) is -0.358. The quantitative estimate of drug-likeness (QED) is 0.783. The van der Waals surface area contributed by atoms with Crippen molar-refractivity contribution in [3.8, 4) is 0 Å². The highest BCUT2D eigenvalue weighted by Crippen LogP contribution is 2.18. The third kappa shape index (κ3) is 4.34. The molecular formula is C11H14FNOS. The molecule has 0 unspecified atom stereocenters. The summed E-state index contributed by atoms with van der Waals surface area (Å²) >= 11 is 1.03. The lowest BCUT2D eigenvalue weighted by Gasteiger charge is -2.04. The molecule has 1 aromatic rings. The van der Waals surface area contributed by atoms with Gasteiger partial charge in [0.1, 0.15) is 5.82 Å². The second kappa shape index (κ2) is 6.45. The second-order valence-electron chi connectivity index (χ2n) is 3.16. The molecule has 0 aliphatic carbocycles. The van der Waals surface area contributed by atoms with Crippen LogP contribution < -0.4 is 4.72 Å². The van der Waals surface area contributed by atoms with Crippen LogP contribution in [0.25, 0.3) is 0 Å². The first kappa shape index (κ1) is 12.0. The van der Waals surface area contributed by atoms with Crippen molar-refractivity contribution in [1.29, 1.82) is 0 Å². The van der Waals surface area contributed by atoms with Crippen LogP contribution in [0.2, 0.25) is 0 Å². The Morgan fingerprint density at radius 3 is 2.87 bits per heavy atom. The van der Waals surface area contributed by atoms with Gasteiger partial charge in [-0.2, -0.15) is 0 Å². The van der Waals surface area contributed by atoms with Crippen LogP contribution in [-0.4, -0.2) is 5.91 Å². The minimum absolute atomic E-state index is 0.0508. The molecule has 1 amide bonds. The van der Waals surface area contributed by atoms with Crippen molar-refractivity contribution >= 4 is 17.9 Å². The molecule has 0 aliphatic rings. The summed E-state index contributed by atoms with van der Waals surface area (Å²) in [6.07, 6.45) is 2.35. The maximum absolute atomic E-state index is 13.1. The van der Waals surface area contributed by atoms with Gasteiger partial charge in [0.25, 0.3) is 0 Å². The average Bonchev–Trinajstić information content (AvgIpc) is 2.25. The molecule has 1 rings (SSSR count). The summed E-state index contributed by atoms with van der Waals surface area (Å²) < 4.78 is 15.7. The lowest BCUT2D eigenvalue weighted by atomic mass is 10.2. The zero-order valence-corrected chi connectivity index (χ0v) is 9.44. The Balaban J connectivity index is 2.37. The first-order valence-electron chi connectivity index (χ1n) is 4.94. The maximum atomic E-state index is 13.1. The fourth-order valence-corrected chi connectivity index (χ4v) is 1.67. The predicted octanol–water partition coefficient (Wildman–Crippen LogP) is 3.14. The van der Waals surface area contributed by atoms with E-state index in [0.29, 0.717) is 11.3 Å². The van der Waals surface area contributed by atoms with Crippen molar-refractivity contribution in [2.24, 2.45) is 0 Å². The Hall–Kier alpha value is -1.03. The minimum atomic E-state index is -0.307. The summed E-state index contributed by atoms with van der Waals surface area (Å²) in [6.45, 7) is 2.03. The standard InChI is InChI=1S/C11H14FNOS/c1-2-3-8-11(14)13-15-10-7-5-4-6-9(10)12/h4-7H,2-3,8H2,1H3,(H,13,14). The molecule has 0 fully saturated rings. The molecule has 4 heteroatoms. The molecule has 0 saturated carbocycles. The Morgan fingerprint density at radius 2 is 2.20 bits per heavy atom. The van der Waals surface area contributed by atoms with E-state index in [9.17, 15) is 9.18 Å². The fraction of sp³-hybridized carbons (Fsp3) is 0.364. The predicted molar refractivity (Wildman–Crippen MR) is 59.9 cm³/mol. The lowest BCUT2D eigenvalue weighted by molar-refractivity contribution is -0.119. The van der Waals surface area contributed by atoms with Crippen LogP contribution in [0.1, 0.15) is 26.2 Å². The molecule has 0 atom stereocenters. The Morgan fingerprint density at radius 1 is 1.47 bits per heavy atom. The fourth-order valence-electron chi connectivity index (χ4n) is 1.03. The van der Waals surface area contributed by atoms with Gasteiger partial charge in [-0.3, -0.25) is 9.52 Å². The van der Waals surface area contributed by atoms with Gasteiger partial charge in [0.15, 0.2) is 0 Å². The van der Waals surface area contributed by atoms with E-state index in [-0.39, 0.29) is 11.7 Å². The molecule has 0 aliphatic heterocycles. The topological polar surface area (TPSA) is 29.1 Å². The second-order valence-corrected chi connectivity index (χ2v) is 4.01. The third-order valence-electron chi connectivity index (χ3n) is 1.87. The zero-order valence-electron chi connectivity index (χ0n) is 8.63. The number of carbonyl (C=O) groups is 1. The van der Waals surface area contributed by atoms with Gasteiger partial charge in [-0.15, -0.1) is 0 Å². The van der Waals surface area contributed by atoms with Gasteiger partial charge in [-0.05, 0) is 30.5 Å². The van der Waals surface area contributed by atoms with E-state index < -0.39 is 0 Å². The summed E-state index contributed by atoms with van der Waals surface area (Å²) in [4.78, 5) is 11.7. The molecule has 0 bridgehead atoms. The number of halogens is 1. The van der Waals surface area contributed by atoms with Crippen LogP contribution in [0.4, 0.5) is 4.39 Å². The van der Waals surface area contributed by atoms with Crippen LogP contribution in [0.15, 0.2) is 29.2 Å². The van der Waals surface area contributed by atoms with Crippen molar-refractivity contribution in [1.82, 2.24) is 4.72 Å². The Labute approximate surface area is 93.4 Å². The number of benzene rings is 1. The van der Waals surface area contributed by atoms with Gasteiger partial charge < -0.3 is 0 Å². The highest BCUT2D eigenvalue weighted by Gasteiger charge is 2.04. The smallest absolute Gasteiger partial charge is 0.230 e. The molecule has 2 nitrogen and oxygen atoms in total. The van der Waals surface area contributed by atoms with E-state index in [1.807, 2.05) is 6.92 Å². The van der Waals surface area contributed by atoms with E-state index in [0.717, 1.165) is 24.8 Å². The zero-order chi connectivity index (χ0) is 11.1. The maximum Gasteiger partial charge on any atom is 0.230 e. The summed E-state index contributed by atoms with van der Waals surface area (Å²) in [7, 11) is 0. The monoisotopic (exact) mass is 227 g/mol. The average molecular weight is 227 g/mol. The molecule has 1 N–H and O–H groups in total. The SMILES string of the molecule is CCCCC(=O)NSc1ccccc1F. The lowest BCUT2D eigenvalue weighted by Crippen LogP contribution is -2.14. The van der Waals surface area contributed by atoms with Gasteiger partial charge in [0, 0.05) is 6.42 Å². The molecule has 15 heavy (non-hydrogen) atoms. The minimum Gasteiger partial charge on any atom is -0.296 e. The summed E-state index contributed by atoms with van der Waals surface area (Å²) in [5, 5.41) is 0. The largest absolute Gasteiger partial charge is 0.296 e. The van der Waals surface area contributed by atoms with Gasteiger partial charge in [-0.1, -0.05) is 25.5 Å². The van der Waals surface area contributed by atoms with Crippen molar-refractivity contribution in [2.75, 3.05) is 0 Å². The molecule has 0 radical (unpaired) electrons. The van der Waals surface area contributed by atoms with Gasteiger partial charge in [0.05, 0.1) is 4.90 Å². The number of carbonyl (C=O) groups excluding carboxylic acids is 1. The third-order valence-corrected chi connectivity index (χ3v) is 2.75. The van der Waals surface area contributed by atoms with E-state index in [1.54, 1.807) is 18.2 Å². The Bertz CT molecular complexity index is 330. The van der Waals surface area contributed by atoms with E-state index >= 15 is 0 Å². The molecule has 1 aromatic carbocycles. The van der Waals surface area contributed by atoms with Crippen LogP contribution in [0.5, 0.6) is 0 Å². The van der Waals surface area contributed by atoms with Crippen LogP contribution in [0, 0.1) is 5.82 Å². The van der Waals surface area contributed by atoms with Crippen molar-refractivity contribution < 1.29 is 9.18 Å². The summed E-state index contributed by atoms with van der Waals surface area (Å²) in [5.41, 5.74) is 0. The Kier molecular flexibility index (Phi) is 5.18. The van der Waals surface area contributed by atoms with E-state index in [4.69, 9.17) is 0 Å². The highest BCUT2D eigenvalue weighted by atomic mass is 32.2. The van der Waals surface area contributed by atoms with Crippen molar-refractivity contribution in [3.63, 3.8) is 0 Å².